The second-order valence-electron chi connectivity index (χ2n) is 8.09. The number of carbonyl (C=O) groups is 2. The predicted octanol–water partition coefficient (Wildman–Crippen LogP) is 4.47. The van der Waals surface area contributed by atoms with Crippen LogP contribution in [0.25, 0.3) is 0 Å². The van der Waals surface area contributed by atoms with Crippen molar-refractivity contribution in [2.45, 2.75) is 24.8 Å². The van der Waals surface area contributed by atoms with E-state index in [0.717, 1.165) is 5.75 Å². The van der Waals surface area contributed by atoms with Gasteiger partial charge in [0.2, 0.25) is 12.7 Å². The van der Waals surface area contributed by atoms with Crippen molar-refractivity contribution in [1.82, 2.24) is 10.3 Å². The average Bonchev–Trinajstić information content (AvgIpc) is 3.33. The number of benzene rings is 2. The van der Waals surface area contributed by atoms with Crippen LogP contribution in [0.15, 0.2) is 65.8 Å². The fourth-order valence-electron chi connectivity index (χ4n) is 3.36. The minimum atomic E-state index is -0.268. The number of amides is 2. The fourth-order valence-corrected chi connectivity index (χ4v) is 4.15. The number of fused-ring (bicyclic) bond motifs is 1. The van der Waals surface area contributed by atoms with Crippen LogP contribution in [0.3, 0.4) is 0 Å². The number of hydrogen-bond acceptors (Lipinski definition) is 7. The first-order valence-electron chi connectivity index (χ1n) is 11.3. The van der Waals surface area contributed by atoms with Crippen molar-refractivity contribution in [1.29, 1.82) is 0 Å². The lowest BCUT2D eigenvalue weighted by molar-refractivity contribution is -0.113. The molecule has 0 spiro atoms. The van der Waals surface area contributed by atoms with Gasteiger partial charge in [0.1, 0.15) is 17.4 Å². The van der Waals surface area contributed by atoms with Gasteiger partial charge in [0.05, 0.1) is 17.9 Å². The van der Waals surface area contributed by atoms with E-state index < -0.39 is 0 Å². The van der Waals surface area contributed by atoms with E-state index in [0.29, 0.717) is 46.8 Å². The van der Waals surface area contributed by atoms with Crippen LogP contribution in [0.5, 0.6) is 17.2 Å². The summed E-state index contributed by atoms with van der Waals surface area (Å²) in [7, 11) is 0. The van der Waals surface area contributed by atoms with Crippen molar-refractivity contribution in [2.75, 3.05) is 31.0 Å². The van der Waals surface area contributed by atoms with Crippen LogP contribution < -0.4 is 24.8 Å². The van der Waals surface area contributed by atoms with Crippen LogP contribution in [-0.2, 0) is 4.79 Å². The number of ether oxygens (including phenoxy) is 3. The Balaban J connectivity index is 1.24. The van der Waals surface area contributed by atoms with Crippen LogP contribution in [0.1, 0.15) is 35.7 Å². The summed E-state index contributed by atoms with van der Waals surface area (Å²) < 4.78 is 16.3. The molecule has 0 unspecified atom stereocenters. The Morgan fingerprint density at radius 3 is 2.69 bits per heavy atom. The molecule has 1 aromatic heterocycles. The summed E-state index contributed by atoms with van der Waals surface area (Å²) in [5, 5.41) is 6.15. The molecule has 8 nitrogen and oxygen atoms in total. The number of pyridine rings is 1. The van der Waals surface area contributed by atoms with Crippen molar-refractivity contribution in [2.24, 2.45) is 0 Å². The molecular weight excluding hydrogens is 466 g/mol. The smallest absolute Gasteiger partial charge is 0.254 e. The SMILES string of the molecule is CC(C)c1ccc(OCCNC(=O)c2cccnc2SCC(=O)Nc2ccc3c(c2)OCO3)cc1. The van der Waals surface area contributed by atoms with E-state index in [1.165, 1.54) is 17.3 Å². The Kier molecular flexibility index (Phi) is 8.10. The molecule has 0 atom stereocenters. The van der Waals surface area contributed by atoms with Gasteiger partial charge in [0, 0.05) is 18.0 Å². The van der Waals surface area contributed by atoms with Gasteiger partial charge < -0.3 is 24.8 Å². The Hall–Kier alpha value is -3.72. The van der Waals surface area contributed by atoms with E-state index in [4.69, 9.17) is 14.2 Å². The zero-order valence-corrected chi connectivity index (χ0v) is 20.4. The second kappa shape index (κ2) is 11.6. The molecule has 182 valence electrons. The number of anilines is 1. The lowest BCUT2D eigenvalue weighted by atomic mass is 10.0. The highest BCUT2D eigenvalue weighted by molar-refractivity contribution is 8.00. The van der Waals surface area contributed by atoms with Crippen molar-refractivity contribution in [3.8, 4) is 17.2 Å². The lowest BCUT2D eigenvalue weighted by Crippen LogP contribution is -2.28. The molecule has 0 aliphatic carbocycles. The number of aromatic nitrogens is 1. The first-order chi connectivity index (χ1) is 17.0. The average molecular weight is 494 g/mol. The molecule has 0 bridgehead atoms. The highest BCUT2D eigenvalue weighted by Gasteiger charge is 2.16. The van der Waals surface area contributed by atoms with E-state index in [9.17, 15) is 9.59 Å². The van der Waals surface area contributed by atoms with E-state index in [2.05, 4.69) is 29.5 Å². The third kappa shape index (κ3) is 6.66. The number of hydrogen-bond donors (Lipinski definition) is 2. The third-order valence-corrected chi connectivity index (χ3v) is 6.22. The molecule has 2 amide bonds. The van der Waals surface area contributed by atoms with Gasteiger partial charge in [-0.3, -0.25) is 9.59 Å². The summed E-state index contributed by atoms with van der Waals surface area (Å²) in [6.07, 6.45) is 1.60. The number of carbonyl (C=O) groups excluding carboxylic acids is 2. The van der Waals surface area contributed by atoms with Crippen molar-refractivity contribution in [3.05, 3.63) is 71.9 Å². The standard InChI is InChI=1S/C26H27N3O5S/c1-17(2)18-5-8-20(9-6-18)32-13-12-27-25(31)21-4-3-11-28-26(21)35-15-24(30)29-19-7-10-22-23(14-19)34-16-33-22/h3-11,14,17H,12-13,15-16H2,1-2H3,(H,27,31)(H,29,30). The minimum Gasteiger partial charge on any atom is -0.492 e. The fraction of sp³-hybridized carbons (Fsp3) is 0.269. The highest BCUT2D eigenvalue weighted by atomic mass is 32.2. The summed E-state index contributed by atoms with van der Waals surface area (Å²) in [6.45, 7) is 5.14. The van der Waals surface area contributed by atoms with Gasteiger partial charge in [0.25, 0.3) is 5.91 Å². The molecule has 0 saturated heterocycles. The van der Waals surface area contributed by atoms with Crippen LogP contribution in [0.2, 0.25) is 0 Å². The van der Waals surface area contributed by atoms with Crippen LogP contribution in [0.4, 0.5) is 5.69 Å². The molecule has 4 rings (SSSR count). The molecule has 1 aliphatic heterocycles. The number of nitrogens with one attached hydrogen (secondary N) is 2. The maximum absolute atomic E-state index is 12.7. The van der Waals surface area contributed by atoms with Gasteiger partial charge in [-0.2, -0.15) is 0 Å². The Morgan fingerprint density at radius 1 is 1.09 bits per heavy atom. The van der Waals surface area contributed by atoms with E-state index in [-0.39, 0.29) is 24.4 Å². The molecule has 0 saturated carbocycles. The summed E-state index contributed by atoms with van der Waals surface area (Å²) in [5.74, 6) is 2.07. The second-order valence-corrected chi connectivity index (χ2v) is 9.05. The molecule has 1 aliphatic rings. The molecular formula is C26H27N3O5S. The van der Waals surface area contributed by atoms with E-state index in [1.54, 1.807) is 36.5 Å². The quantitative estimate of drug-likeness (QED) is 0.318. The van der Waals surface area contributed by atoms with Gasteiger partial charge in [-0.25, -0.2) is 4.98 Å². The normalized spacial score (nSPS) is 11.9. The summed E-state index contributed by atoms with van der Waals surface area (Å²) >= 11 is 1.20. The lowest BCUT2D eigenvalue weighted by Gasteiger charge is -2.11. The molecule has 0 radical (unpaired) electrons. The highest BCUT2D eigenvalue weighted by Crippen LogP contribution is 2.34. The molecule has 0 fully saturated rings. The monoisotopic (exact) mass is 493 g/mol. The zero-order valence-electron chi connectivity index (χ0n) is 19.6. The molecule has 9 heteroatoms. The van der Waals surface area contributed by atoms with E-state index in [1.807, 2.05) is 24.3 Å². The van der Waals surface area contributed by atoms with Gasteiger partial charge in [-0.1, -0.05) is 37.7 Å². The summed E-state index contributed by atoms with van der Waals surface area (Å²) in [5.41, 5.74) is 2.27. The van der Waals surface area contributed by atoms with Crippen LogP contribution in [0, 0.1) is 0 Å². The van der Waals surface area contributed by atoms with Gasteiger partial charge >= 0.3 is 0 Å². The largest absolute Gasteiger partial charge is 0.492 e. The van der Waals surface area contributed by atoms with Gasteiger partial charge in [0.15, 0.2) is 11.5 Å². The molecule has 35 heavy (non-hydrogen) atoms. The van der Waals surface area contributed by atoms with Crippen molar-refractivity contribution >= 4 is 29.3 Å². The number of nitrogens with zero attached hydrogens (tertiary/aromatic N) is 1. The van der Waals surface area contributed by atoms with Crippen molar-refractivity contribution in [3.63, 3.8) is 0 Å². The first kappa shape index (κ1) is 24.4. The third-order valence-electron chi connectivity index (χ3n) is 5.22. The van der Waals surface area contributed by atoms with Crippen LogP contribution >= 0.6 is 11.8 Å². The first-order valence-corrected chi connectivity index (χ1v) is 12.3. The van der Waals surface area contributed by atoms with Gasteiger partial charge in [-0.05, 0) is 47.9 Å². The summed E-state index contributed by atoms with van der Waals surface area (Å²) in [6, 6.07) is 16.5. The summed E-state index contributed by atoms with van der Waals surface area (Å²) in [4.78, 5) is 29.4. The Labute approximate surface area is 208 Å². The minimum absolute atomic E-state index is 0.0984. The zero-order chi connectivity index (χ0) is 24.6. The maximum Gasteiger partial charge on any atom is 0.254 e. The number of rotatable bonds is 10. The topological polar surface area (TPSA) is 98.8 Å². The van der Waals surface area contributed by atoms with Crippen LogP contribution in [-0.4, -0.2) is 42.5 Å². The molecule has 2 aromatic carbocycles. The number of thioether (sulfide) groups is 1. The molecule has 3 aromatic rings. The maximum atomic E-state index is 12.7. The van der Waals surface area contributed by atoms with E-state index >= 15 is 0 Å². The Morgan fingerprint density at radius 2 is 1.89 bits per heavy atom. The molecule has 2 heterocycles. The Bertz CT molecular complexity index is 1180. The molecule has 2 N–H and O–H groups in total. The van der Waals surface area contributed by atoms with Crippen molar-refractivity contribution < 1.29 is 23.8 Å². The predicted molar refractivity (Wildman–Crippen MR) is 135 cm³/mol. The van der Waals surface area contributed by atoms with Gasteiger partial charge in [-0.15, -0.1) is 0 Å².